The first-order chi connectivity index (χ1) is 8.65. The van der Waals surface area contributed by atoms with Gasteiger partial charge in [-0.1, -0.05) is 0 Å². The van der Waals surface area contributed by atoms with Gasteiger partial charge < -0.3 is 5.32 Å². The molecule has 0 aliphatic rings. The summed E-state index contributed by atoms with van der Waals surface area (Å²) >= 11 is 1.67. The molecule has 0 aliphatic heterocycles. The van der Waals surface area contributed by atoms with Crippen molar-refractivity contribution in [2.45, 2.75) is 26.3 Å². The zero-order valence-electron chi connectivity index (χ0n) is 10.5. The van der Waals surface area contributed by atoms with Crippen LogP contribution in [0.2, 0.25) is 0 Å². The number of aromatic nitrogens is 2. The summed E-state index contributed by atoms with van der Waals surface area (Å²) < 4.78 is 12.7. The van der Waals surface area contributed by atoms with E-state index >= 15 is 0 Å². The van der Waals surface area contributed by atoms with E-state index in [2.05, 4.69) is 20.7 Å². The SMILES string of the molecule is Cc1nc(CCNC(C)c2ccc(F)cn2)cs1. The molecule has 0 spiro atoms. The van der Waals surface area contributed by atoms with Crippen molar-refractivity contribution in [3.8, 4) is 0 Å². The van der Waals surface area contributed by atoms with E-state index in [4.69, 9.17) is 0 Å². The van der Waals surface area contributed by atoms with Gasteiger partial charge in [-0.25, -0.2) is 9.37 Å². The van der Waals surface area contributed by atoms with Crippen molar-refractivity contribution >= 4 is 11.3 Å². The first kappa shape index (κ1) is 13.1. The zero-order chi connectivity index (χ0) is 13.0. The van der Waals surface area contributed by atoms with E-state index in [0.717, 1.165) is 29.4 Å². The number of aryl methyl sites for hydroxylation is 1. The minimum atomic E-state index is -0.302. The van der Waals surface area contributed by atoms with Gasteiger partial charge in [0, 0.05) is 24.4 Å². The van der Waals surface area contributed by atoms with Crippen LogP contribution < -0.4 is 5.32 Å². The highest BCUT2D eigenvalue weighted by Gasteiger charge is 2.06. The number of thiazole rings is 1. The largest absolute Gasteiger partial charge is 0.308 e. The van der Waals surface area contributed by atoms with Crippen LogP contribution in [0.15, 0.2) is 23.7 Å². The van der Waals surface area contributed by atoms with E-state index in [1.54, 1.807) is 17.4 Å². The average Bonchev–Trinajstić information content (AvgIpc) is 2.76. The Kier molecular flexibility index (Phi) is 4.38. The van der Waals surface area contributed by atoms with Crippen LogP contribution in [0.1, 0.15) is 29.4 Å². The summed E-state index contributed by atoms with van der Waals surface area (Å²) in [6.07, 6.45) is 2.15. The van der Waals surface area contributed by atoms with Crippen LogP contribution >= 0.6 is 11.3 Å². The smallest absolute Gasteiger partial charge is 0.141 e. The van der Waals surface area contributed by atoms with Crippen LogP contribution in [-0.4, -0.2) is 16.5 Å². The molecule has 0 aromatic carbocycles. The van der Waals surface area contributed by atoms with E-state index in [9.17, 15) is 4.39 Å². The van der Waals surface area contributed by atoms with Gasteiger partial charge in [-0.05, 0) is 26.0 Å². The number of hydrogen-bond acceptors (Lipinski definition) is 4. The van der Waals surface area contributed by atoms with Crippen molar-refractivity contribution in [3.05, 3.63) is 45.9 Å². The molecule has 0 bridgehead atoms. The maximum atomic E-state index is 12.7. The van der Waals surface area contributed by atoms with Crippen molar-refractivity contribution in [2.75, 3.05) is 6.54 Å². The number of nitrogens with zero attached hydrogens (tertiary/aromatic N) is 2. The fourth-order valence-corrected chi connectivity index (χ4v) is 2.33. The van der Waals surface area contributed by atoms with Gasteiger partial charge in [-0.15, -0.1) is 11.3 Å². The molecule has 1 N–H and O–H groups in total. The van der Waals surface area contributed by atoms with Gasteiger partial charge in [0.1, 0.15) is 5.82 Å². The minimum Gasteiger partial charge on any atom is -0.308 e. The summed E-state index contributed by atoms with van der Waals surface area (Å²) in [7, 11) is 0. The molecule has 2 aromatic heterocycles. The second-order valence-electron chi connectivity index (χ2n) is 4.18. The molecule has 0 saturated heterocycles. The molecule has 0 aliphatic carbocycles. The second-order valence-corrected chi connectivity index (χ2v) is 5.25. The Labute approximate surface area is 110 Å². The molecule has 5 heteroatoms. The lowest BCUT2D eigenvalue weighted by Gasteiger charge is -2.12. The highest BCUT2D eigenvalue weighted by molar-refractivity contribution is 7.09. The Morgan fingerprint density at radius 3 is 2.89 bits per heavy atom. The summed E-state index contributed by atoms with van der Waals surface area (Å²) in [5.41, 5.74) is 1.97. The normalized spacial score (nSPS) is 12.6. The summed E-state index contributed by atoms with van der Waals surface area (Å²) in [5, 5.41) is 6.53. The van der Waals surface area contributed by atoms with Gasteiger partial charge >= 0.3 is 0 Å². The first-order valence-electron chi connectivity index (χ1n) is 5.91. The second kappa shape index (κ2) is 6.02. The molecular weight excluding hydrogens is 249 g/mol. The summed E-state index contributed by atoms with van der Waals surface area (Å²) in [5.74, 6) is -0.302. The molecule has 2 rings (SSSR count). The maximum absolute atomic E-state index is 12.7. The van der Waals surface area contributed by atoms with Crippen molar-refractivity contribution in [1.82, 2.24) is 15.3 Å². The predicted octanol–water partition coefficient (Wildman–Crippen LogP) is 2.88. The van der Waals surface area contributed by atoms with Crippen molar-refractivity contribution in [1.29, 1.82) is 0 Å². The van der Waals surface area contributed by atoms with Crippen LogP contribution in [0.4, 0.5) is 4.39 Å². The van der Waals surface area contributed by atoms with Gasteiger partial charge in [-0.2, -0.15) is 0 Å². The third kappa shape index (κ3) is 3.58. The molecule has 1 atom stereocenters. The van der Waals surface area contributed by atoms with E-state index in [0.29, 0.717) is 0 Å². The lowest BCUT2D eigenvalue weighted by Crippen LogP contribution is -2.22. The molecule has 1 unspecified atom stereocenters. The Balaban J connectivity index is 1.81. The third-order valence-corrected chi connectivity index (χ3v) is 3.51. The van der Waals surface area contributed by atoms with Crippen LogP contribution in [0.5, 0.6) is 0 Å². The average molecular weight is 265 g/mol. The third-order valence-electron chi connectivity index (χ3n) is 2.69. The summed E-state index contributed by atoms with van der Waals surface area (Å²) in [6, 6.07) is 3.26. The molecule has 2 aromatic rings. The molecule has 0 saturated carbocycles. The number of hydrogen-bond donors (Lipinski definition) is 1. The van der Waals surface area contributed by atoms with E-state index < -0.39 is 0 Å². The van der Waals surface area contributed by atoms with Gasteiger partial charge in [0.25, 0.3) is 0 Å². The number of pyridine rings is 1. The Bertz CT molecular complexity index is 495. The van der Waals surface area contributed by atoms with Crippen LogP contribution in [0, 0.1) is 12.7 Å². The molecular formula is C13H16FN3S. The molecule has 96 valence electrons. The zero-order valence-corrected chi connectivity index (χ0v) is 11.3. The monoisotopic (exact) mass is 265 g/mol. The Morgan fingerprint density at radius 1 is 1.44 bits per heavy atom. The van der Waals surface area contributed by atoms with E-state index in [-0.39, 0.29) is 11.9 Å². The lowest BCUT2D eigenvalue weighted by atomic mass is 10.2. The van der Waals surface area contributed by atoms with Crippen LogP contribution in [0.25, 0.3) is 0 Å². The van der Waals surface area contributed by atoms with Crippen molar-refractivity contribution in [2.24, 2.45) is 0 Å². The predicted molar refractivity (Wildman–Crippen MR) is 71.2 cm³/mol. The molecule has 18 heavy (non-hydrogen) atoms. The summed E-state index contributed by atoms with van der Waals surface area (Å²) in [4.78, 5) is 8.46. The van der Waals surface area contributed by atoms with E-state index in [1.807, 2.05) is 13.8 Å². The highest BCUT2D eigenvalue weighted by atomic mass is 32.1. The Morgan fingerprint density at radius 2 is 2.28 bits per heavy atom. The van der Waals surface area contributed by atoms with Gasteiger partial charge in [0.15, 0.2) is 0 Å². The highest BCUT2D eigenvalue weighted by Crippen LogP contribution is 2.11. The van der Waals surface area contributed by atoms with Crippen molar-refractivity contribution in [3.63, 3.8) is 0 Å². The standard InChI is InChI=1S/C13H16FN3S/c1-9(13-4-3-11(14)7-16-13)15-6-5-12-8-18-10(2)17-12/h3-4,7-9,15H,5-6H2,1-2H3. The van der Waals surface area contributed by atoms with E-state index in [1.165, 1.54) is 12.3 Å². The van der Waals surface area contributed by atoms with Gasteiger partial charge in [0.05, 0.1) is 22.6 Å². The Hall–Kier alpha value is -1.33. The van der Waals surface area contributed by atoms with Gasteiger partial charge in [-0.3, -0.25) is 4.98 Å². The molecule has 0 radical (unpaired) electrons. The minimum absolute atomic E-state index is 0.116. The maximum Gasteiger partial charge on any atom is 0.141 e. The van der Waals surface area contributed by atoms with Crippen LogP contribution in [0.3, 0.4) is 0 Å². The first-order valence-corrected chi connectivity index (χ1v) is 6.79. The molecule has 0 amide bonds. The van der Waals surface area contributed by atoms with Gasteiger partial charge in [0.2, 0.25) is 0 Å². The van der Waals surface area contributed by atoms with Crippen LogP contribution in [-0.2, 0) is 6.42 Å². The number of rotatable bonds is 5. The lowest BCUT2D eigenvalue weighted by molar-refractivity contribution is 0.555. The van der Waals surface area contributed by atoms with Crippen molar-refractivity contribution < 1.29 is 4.39 Å². The molecule has 3 nitrogen and oxygen atoms in total. The number of halogens is 1. The topological polar surface area (TPSA) is 37.8 Å². The number of nitrogens with one attached hydrogen (secondary N) is 1. The fraction of sp³-hybridized carbons (Fsp3) is 0.385. The fourth-order valence-electron chi connectivity index (χ4n) is 1.69. The summed E-state index contributed by atoms with van der Waals surface area (Å²) in [6.45, 7) is 4.86. The molecule has 0 fully saturated rings. The molecule has 2 heterocycles. The quantitative estimate of drug-likeness (QED) is 0.903.